The molecule has 1 aromatic carbocycles. The largest absolute Gasteiger partial charge is 0.468 e. The number of thiophene rings is 1. The van der Waals surface area contributed by atoms with Gasteiger partial charge in [0.25, 0.3) is 5.91 Å². The third kappa shape index (κ3) is 7.19. The smallest absolute Gasteiger partial charge is 0.325 e. The Hall–Kier alpha value is -3.12. The van der Waals surface area contributed by atoms with Crippen molar-refractivity contribution in [2.24, 2.45) is 0 Å². The summed E-state index contributed by atoms with van der Waals surface area (Å²) in [5.41, 5.74) is 0.992. The fourth-order valence-electron chi connectivity index (χ4n) is 2.78. The fraction of sp³-hybridized carbons (Fsp3) is 0.227. The molecule has 174 valence electrons. The lowest BCUT2D eigenvalue weighted by Gasteiger charge is -2.17. The molecule has 0 saturated heterocycles. The van der Waals surface area contributed by atoms with Gasteiger partial charge in [-0.15, -0.1) is 11.3 Å². The molecule has 0 aliphatic carbocycles. The van der Waals surface area contributed by atoms with E-state index in [4.69, 9.17) is 4.74 Å². The summed E-state index contributed by atoms with van der Waals surface area (Å²) in [5.74, 6) is -1.25. The van der Waals surface area contributed by atoms with Crippen LogP contribution in [0.2, 0.25) is 0 Å². The number of nitrogens with zero attached hydrogens (tertiary/aromatic N) is 1. The summed E-state index contributed by atoms with van der Waals surface area (Å²) in [4.78, 5) is 29.8. The number of hydrogen-bond acceptors (Lipinski definition) is 8. The van der Waals surface area contributed by atoms with E-state index in [0.717, 1.165) is 17.6 Å². The van der Waals surface area contributed by atoms with Gasteiger partial charge in [0.1, 0.15) is 6.04 Å². The van der Waals surface area contributed by atoms with E-state index in [1.165, 1.54) is 23.5 Å². The van der Waals surface area contributed by atoms with E-state index in [-0.39, 0.29) is 11.4 Å². The number of pyridine rings is 1. The zero-order chi connectivity index (χ0) is 23.7. The summed E-state index contributed by atoms with van der Waals surface area (Å²) in [6.45, 7) is 0.482. The highest BCUT2D eigenvalue weighted by Crippen LogP contribution is 2.18. The van der Waals surface area contributed by atoms with Crippen molar-refractivity contribution in [3.8, 4) is 0 Å². The van der Waals surface area contributed by atoms with E-state index in [1.54, 1.807) is 42.7 Å². The Morgan fingerprint density at radius 2 is 1.76 bits per heavy atom. The number of rotatable bonds is 11. The quantitative estimate of drug-likeness (QED) is 0.395. The third-order valence-corrected chi connectivity index (χ3v) is 7.00. The molecule has 0 unspecified atom stereocenters. The second-order valence-electron chi connectivity index (χ2n) is 6.83. The first kappa shape index (κ1) is 24.5. The minimum absolute atomic E-state index is 0.0000983. The molecule has 11 heteroatoms. The molecule has 33 heavy (non-hydrogen) atoms. The average molecular weight is 490 g/mol. The molecule has 1 atom stereocenters. The standard InChI is InChI=1S/C22H23N3O6S2/c1-30-22(27)19(25-33(28,29)18-5-3-2-4-6-18)13-24-21(26)20-8-7-17(32-20)15-31-14-16-9-11-23-12-10-16/h2-12,19,25H,13-15H2,1H3,(H,24,26)/t19-/m0/s1. The van der Waals surface area contributed by atoms with Gasteiger partial charge in [0.05, 0.1) is 30.1 Å². The van der Waals surface area contributed by atoms with Crippen LogP contribution in [-0.4, -0.2) is 45.0 Å². The summed E-state index contributed by atoms with van der Waals surface area (Å²) < 4.78 is 37.7. The van der Waals surface area contributed by atoms with Crippen LogP contribution < -0.4 is 10.0 Å². The van der Waals surface area contributed by atoms with Crippen LogP contribution in [0, 0.1) is 0 Å². The number of ether oxygens (including phenoxy) is 2. The minimum Gasteiger partial charge on any atom is -0.468 e. The SMILES string of the molecule is COC(=O)[C@H](CNC(=O)c1ccc(COCc2ccncc2)s1)NS(=O)(=O)c1ccccc1. The maximum absolute atomic E-state index is 12.5. The van der Waals surface area contributed by atoms with Crippen LogP contribution in [-0.2, 0) is 37.5 Å². The van der Waals surface area contributed by atoms with Crippen molar-refractivity contribution < 1.29 is 27.5 Å². The Bertz CT molecular complexity index is 1170. The molecule has 1 amide bonds. The first-order valence-electron chi connectivity index (χ1n) is 9.88. The van der Waals surface area contributed by atoms with Gasteiger partial charge in [-0.3, -0.25) is 14.6 Å². The number of sulfonamides is 1. The molecular weight excluding hydrogens is 466 g/mol. The second-order valence-corrected chi connectivity index (χ2v) is 9.72. The molecular formula is C22H23N3O6S2. The number of carbonyl (C=O) groups excluding carboxylic acids is 2. The number of carbonyl (C=O) groups is 2. The van der Waals surface area contributed by atoms with Gasteiger partial charge < -0.3 is 14.8 Å². The summed E-state index contributed by atoms with van der Waals surface area (Å²) >= 11 is 1.25. The highest BCUT2D eigenvalue weighted by Gasteiger charge is 2.27. The molecule has 0 radical (unpaired) electrons. The van der Waals surface area contributed by atoms with Gasteiger partial charge in [-0.2, -0.15) is 4.72 Å². The number of benzene rings is 1. The van der Waals surface area contributed by atoms with Crippen molar-refractivity contribution in [3.05, 3.63) is 82.3 Å². The van der Waals surface area contributed by atoms with E-state index < -0.39 is 27.9 Å². The van der Waals surface area contributed by atoms with Crippen molar-refractivity contribution in [3.63, 3.8) is 0 Å². The van der Waals surface area contributed by atoms with E-state index in [1.807, 2.05) is 12.1 Å². The molecule has 2 N–H and O–H groups in total. The Morgan fingerprint density at radius 1 is 1.03 bits per heavy atom. The lowest BCUT2D eigenvalue weighted by Crippen LogP contribution is -2.48. The maximum Gasteiger partial charge on any atom is 0.325 e. The molecule has 0 aliphatic rings. The lowest BCUT2D eigenvalue weighted by atomic mass is 10.3. The minimum atomic E-state index is -3.98. The third-order valence-electron chi connectivity index (χ3n) is 4.45. The lowest BCUT2D eigenvalue weighted by molar-refractivity contribution is -0.142. The molecule has 0 spiro atoms. The molecule has 0 bridgehead atoms. The normalized spacial score (nSPS) is 12.2. The topological polar surface area (TPSA) is 124 Å². The predicted molar refractivity (Wildman–Crippen MR) is 122 cm³/mol. The number of aromatic nitrogens is 1. The summed E-state index contributed by atoms with van der Waals surface area (Å²) in [5, 5.41) is 2.58. The number of amides is 1. The van der Waals surface area contributed by atoms with Gasteiger partial charge in [-0.25, -0.2) is 8.42 Å². The van der Waals surface area contributed by atoms with E-state index in [2.05, 4.69) is 19.8 Å². The van der Waals surface area contributed by atoms with Gasteiger partial charge >= 0.3 is 5.97 Å². The predicted octanol–water partition coefficient (Wildman–Crippen LogP) is 2.11. The van der Waals surface area contributed by atoms with E-state index >= 15 is 0 Å². The fourth-order valence-corrected chi connectivity index (χ4v) is 4.85. The molecule has 2 heterocycles. The molecule has 3 rings (SSSR count). The number of nitrogens with one attached hydrogen (secondary N) is 2. The highest BCUT2D eigenvalue weighted by atomic mass is 32.2. The zero-order valence-corrected chi connectivity index (χ0v) is 19.4. The van der Waals surface area contributed by atoms with Gasteiger partial charge in [0.2, 0.25) is 10.0 Å². The molecule has 0 saturated carbocycles. The first-order valence-corrected chi connectivity index (χ1v) is 12.2. The molecule has 0 aliphatic heterocycles. The van der Waals surface area contributed by atoms with Crippen molar-refractivity contribution in [1.29, 1.82) is 0 Å². The average Bonchev–Trinajstić information content (AvgIpc) is 3.31. The van der Waals surface area contributed by atoms with Crippen molar-refractivity contribution in [2.75, 3.05) is 13.7 Å². The van der Waals surface area contributed by atoms with Gasteiger partial charge in [-0.05, 0) is 42.0 Å². The van der Waals surface area contributed by atoms with Gasteiger partial charge in [0.15, 0.2) is 0 Å². The molecule has 0 fully saturated rings. The summed E-state index contributed by atoms with van der Waals surface area (Å²) in [7, 11) is -2.83. The number of esters is 1. The Kier molecular flexibility index (Phi) is 8.66. The van der Waals surface area contributed by atoms with Crippen LogP contribution in [0.5, 0.6) is 0 Å². The zero-order valence-electron chi connectivity index (χ0n) is 17.8. The van der Waals surface area contributed by atoms with Gasteiger partial charge in [-0.1, -0.05) is 18.2 Å². The van der Waals surface area contributed by atoms with Crippen LogP contribution >= 0.6 is 11.3 Å². The monoisotopic (exact) mass is 489 g/mol. The van der Waals surface area contributed by atoms with E-state index in [9.17, 15) is 18.0 Å². The van der Waals surface area contributed by atoms with Crippen molar-refractivity contribution in [1.82, 2.24) is 15.0 Å². The summed E-state index contributed by atoms with van der Waals surface area (Å²) in [6, 6.07) is 13.5. The second kappa shape index (κ2) is 11.7. The molecule has 2 aromatic heterocycles. The van der Waals surface area contributed by atoms with Crippen LogP contribution in [0.25, 0.3) is 0 Å². The Balaban J connectivity index is 1.55. The van der Waals surface area contributed by atoms with E-state index in [0.29, 0.717) is 18.1 Å². The van der Waals surface area contributed by atoms with Crippen molar-refractivity contribution >= 4 is 33.2 Å². The highest BCUT2D eigenvalue weighted by molar-refractivity contribution is 7.89. The Morgan fingerprint density at radius 3 is 2.45 bits per heavy atom. The van der Waals surface area contributed by atoms with Crippen molar-refractivity contribution in [2.45, 2.75) is 24.2 Å². The number of methoxy groups -OCH3 is 1. The van der Waals surface area contributed by atoms with Crippen LogP contribution in [0.4, 0.5) is 0 Å². The van der Waals surface area contributed by atoms with Crippen LogP contribution in [0.15, 0.2) is 71.9 Å². The van der Waals surface area contributed by atoms with Crippen LogP contribution in [0.1, 0.15) is 20.1 Å². The maximum atomic E-state index is 12.5. The first-order chi connectivity index (χ1) is 15.9. The van der Waals surface area contributed by atoms with Crippen LogP contribution in [0.3, 0.4) is 0 Å². The summed E-state index contributed by atoms with van der Waals surface area (Å²) in [6.07, 6.45) is 3.38. The van der Waals surface area contributed by atoms with Gasteiger partial charge in [0, 0.05) is 23.8 Å². The molecule has 3 aromatic rings. The Labute approximate surface area is 195 Å². The number of hydrogen-bond donors (Lipinski definition) is 2. The molecule has 9 nitrogen and oxygen atoms in total.